The highest BCUT2D eigenvalue weighted by Crippen LogP contribution is 2.09. The van der Waals surface area contributed by atoms with Gasteiger partial charge in [-0.15, -0.1) is 0 Å². The Morgan fingerprint density at radius 2 is 2.11 bits per heavy atom. The lowest BCUT2D eigenvalue weighted by Crippen LogP contribution is -1.61. The van der Waals surface area contributed by atoms with Crippen LogP contribution in [0.2, 0.25) is 0 Å². The highest BCUT2D eigenvalue weighted by Gasteiger charge is 1.86. The highest BCUT2D eigenvalue weighted by atomic mass is 14.6. The van der Waals surface area contributed by atoms with Gasteiger partial charge >= 0.3 is 0 Å². The fourth-order valence-electron chi connectivity index (χ4n) is 0.656. The summed E-state index contributed by atoms with van der Waals surface area (Å²) in [4.78, 5) is 2.47. The van der Waals surface area contributed by atoms with Crippen LogP contribution in [0.25, 0.3) is 10.9 Å². The number of aromatic amines is 1. The number of rotatable bonds is 0. The molecule has 9 heavy (non-hydrogen) atoms. The number of nitrogens with one attached hydrogen (secondary N) is 1. The summed E-state index contributed by atoms with van der Waals surface area (Å²) in [6.07, 6.45) is -0.197. The molecule has 1 N–H and O–H groups in total. The van der Waals surface area contributed by atoms with Gasteiger partial charge in [-0.25, -0.2) is 0 Å². The van der Waals surface area contributed by atoms with Crippen molar-refractivity contribution in [2.45, 2.75) is 0 Å². The van der Waals surface area contributed by atoms with Crippen molar-refractivity contribution in [3.05, 3.63) is 36.4 Å². The van der Waals surface area contributed by atoms with E-state index in [1.54, 1.807) is 0 Å². The molecule has 0 atom stereocenters. The number of para-hydroxylation sites is 1. The smallest absolute Gasteiger partial charge is 0.0816 e. The molecule has 1 heterocycles. The summed E-state index contributed by atoms with van der Waals surface area (Å²) in [7, 11) is 0. The Hall–Kier alpha value is -1.24. The molecule has 0 saturated heterocycles. The molecule has 2 rings (SSSR count). The zero-order valence-electron chi connectivity index (χ0n) is 10.5. The van der Waals surface area contributed by atoms with Crippen molar-refractivity contribution in [1.29, 1.82) is 0 Å². The van der Waals surface area contributed by atoms with Gasteiger partial charge in [-0.2, -0.15) is 0 Å². The molecule has 0 amide bonds. The van der Waals surface area contributed by atoms with Crippen LogP contribution in [-0.4, -0.2) is 4.98 Å². The highest BCUT2D eigenvalue weighted by molar-refractivity contribution is 5.78. The van der Waals surface area contributed by atoms with E-state index < -0.39 is 0 Å². The molecule has 1 aromatic heterocycles. The number of aromatic nitrogens is 1. The Morgan fingerprint density at radius 3 is 3.11 bits per heavy atom. The zero-order chi connectivity index (χ0) is 11.3. The zero-order valence-corrected chi connectivity index (χ0v) is 4.50. The average molecular weight is 123 g/mol. The first-order chi connectivity index (χ1) is 6.95. The Kier molecular flexibility index (Phi) is 0.293. The van der Waals surface area contributed by atoms with Gasteiger partial charge in [-0.1, -0.05) is 18.1 Å². The van der Waals surface area contributed by atoms with Crippen molar-refractivity contribution in [2.75, 3.05) is 0 Å². The largest absolute Gasteiger partial charge is 0.361 e. The van der Waals surface area contributed by atoms with Crippen molar-refractivity contribution in [3.8, 4) is 0 Å². The third kappa shape index (κ3) is 0.617. The van der Waals surface area contributed by atoms with E-state index in [2.05, 4.69) is 4.98 Å². The predicted octanol–water partition coefficient (Wildman–Crippen LogP) is 2.17. The molecule has 0 radical (unpaired) electrons. The lowest BCUT2D eigenvalue weighted by Gasteiger charge is -1.83. The maximum absolute atomic E-state index is 7.57. The van der Waals surface area contributed by atoms with Crippen LogP contribution in [0.15, 0.2) is 36.4 Å². The lowest BCUT2D eigenvalue weighted by molar-refractivity contribution is 1.48. The van der Waals surface area contributed by atoms with Crippen LogP contribution >= 0.6 is 0 Å². The standard InChI is InChI=1S/C8H7N/c1-2-4-8-7(3-1)5-6-9-8/h1-6,9H/i1D,2D,3D,4D,5D,6D. The fraction of sp³-hybridized carbons (Fsp3) is 0. The SMILES string of the molecule is [2H]c1[nH]c2c([2H])c([2H])c([2H])c([2H])c2c1[2H]. The van der Waals surface area contributed by atoms with Gasteiger partial charge in [-0.05, 0) is 17.5 Å². The Bertz CT molecular complexity index is 558. The third-order valence-corrected chi connectivity index (χ3v) is 1.06. The van der Waals surface area contributed by atoms with Gasteiger partial charge in [-0.3, -0.25) is 0 Å². The minimum absolute atomic E-state index is 0.0750. The second kappa shape index (κ2) is 1.62. The second-order valence-electron chi connectivity index (χ2n) is 1.62. The minimum atomic E-state index is -0.375. The van der Waals surface area contributed by atoms with Crippen LogP contribution in [-0.2, 0) is 0 Å². The van der Waals surface area contributed by atoms with Crippen LogP contribution < -0.4 is 0 Å². The second-order valence-corrected chi connectivity index (χ2v) is 1.62. The Balaban J connectivity index is 3.07. The predicted molar refractivity (Wildman–Crippen MR) is 38.3 cm³/mol. The van der Waals surface area contributed by atoms with Crippen molar-refractivity contribution >= 4 is 10.9 Å². The van der Waals surface area contributed by atoms with Crippen LogP contribution in [0.1, 0.15) is 8.22 Å². The van der Waals surface area contributed by atoms with E-state index >= 15 is 0 Å². The third-order valence-electron chi connectivity index (χ3n) is 1.06. The topological polar surface area (TPSA) is 15.8 Å². The molecule has 0 saturated carbocycles. The van der Waals surface area contributed by atoms with Crippen LogP contribution in [0, 0.1) is 0 Å². The first-order valence-electron chi connectivity index (χ1n) is 5.50. The molecule has 2 aromatic rings. The van der Waals surface area contributed by atoms with Gasteiger partial charge in [0.2, 0.25) is 0 Å². The molecule has 1 nitrogen and oxygen atoms in total. The molecular weight excluding hydrogens is 110 g/mol. The Morgan fingerprint density at radius 1 is 1.22 bits per heavy atom. The summed E-state index contributed by atoms with van der Waals surface area (Å²) in [6.45, 7) is 0. The molecule has 1 aromatic carbocycles. The molecular formula is C8H7N. The van der Waals surface area contributed by atoms with Crippen molar-refractivity contribution < 1.29 is 8.22 Å². The van der Waals surface area contributed by atoms with E-state index in [0.717, 1.165) is 0 Å². The number of hydrogen-bond donors (Lipinski definition) is 1. The molecule has 0 spiro atoms. The van der Waals surface area contributed by atoms with E-state index in [9.17, 15) is 0 Å². The summed E-state index contributed by atoms with van der Waals surface area (Å²) in [6, 6.07) is -1.44. The molecule has 0 fully saturated rings. The van der Waals surface area contributed by atoms with Crippen molar-refractivity contribution in [1.82, 2.24) is 4.98 Å². The number of fused-ring (bicyclic) bond motifs is 1. The molecule has 0 aliphatic heterocycles. The molecule has 0 unspecified atom stereocenters. The van der Waals surface area contributed by atoms with Crippen LogP contribution in [0.4, 0.5) is 0 Å². The lowest BCUT2D eigenvalue weighted by atomic mass is 10.3. The van der Waals surface area contributed by atoms with Crippen molar-refractivity contribution in [3.63, 3.8) is 0 Å². The van der Waals surface area contributed by atoms with Crippen LogP contribution in [0.5, 0.6) is 0 Å². The normalized spacial score (nSPS) is 19.6. The van der Waals surface area contributed by atoms with Crippen LogP contribution in [0.3, 0.4) is 0 Å². The minimum Gasteiger partial charge on any atom is -0.361 e. The van der Waals surface area contributed by atoms with Gasteiger partial charge < -0.3 is 4.98 Å². The molecule has 0 aliphatic carbocycles. The summed E-state index contributed by atoms with van der Waals surface area (Å²) < 4.78 is 44.8. The average Bonchev–Trinajstić information content (AvgIpc) is 2.50. The number of hydrogen-bond acceptors (Lipinski definition) is 0. The quantitative estimate of drug-likeness (QED) is 0.552. The number of benzene rings is 1. The first-order valence-corrected chi connectivity index (χ1v) is 2.50. The van der Waals surface area contributed by atoms with Gasteiger partial charge in [0.15, 0.2) is 0 Å². The van der Waals surface area contributed by atoms with Gasteiger partial charge in [0.05, 0.1) is 8.22 Å². The molecule has 44 valence electrons. The fourth-order valence-corrected chi connectivity index (χ4v) is 0.656. The summed E-state index contributed by atoms with van der Waals surface area (Å²) in [5.41, 5.74) is 0.121. The van der Waals surface area contributed by atoms with E-state index in [4.69, 9.17) is 8.22 Å². The van der Waals surface area contributed by atoms with Crippen molar-refractivity contribution in [2.24, 2.45) is 0 Å². The van der Waals surface area contributed by atoms with Gasteiger partial charge in [0.25, 0.3) is 0 Å². The number of H-pyrrole nitrogens is 1. The summed E-state index contributed by atoms with van der Waals surface area (Å²) in [5, 5.41) is 0.0750. The summed E-state index contributed by atoms with van der Waals surface area (Å²) >= 11 is 0. The Labute approximate surface area is 61.8 Å². The van der Waals surface area contributed by atoms with E-state index in [-0.39, 0.29) is 47.3 Å². The first kappa shape index (κ1) is 1.63. The monoisotopic (exact) mass is 123 g/mol. The molecule has 0 aliphatic rings. The summed E-state index contributed by atoms with van der Waals surface area (Å²) in [5.74, 6) is 0. The molecule has 1 heteroatoms. The van der Waals surface area contributed by atoms with E-state index in [1.807, 2.05) is 0 Å². The van der Waals surface area contributed by atoms with Gasteiger partial charge in [0, 0.05) is 11.7 Å². The molecule has 0 bridgehead atoms. The maximum atomic E-state index is 7.57. The van der Waals surface area contributed by atoms with E-state index in [0.29, 0.717) is 0 Å². The maximum Gasteiger partial charge on any atom is 0.0816 e. The van der Waals surface area contributed by atoms with Gasteiger partial charge in [0.1, 0.15) is 0 Å². The van der Waals surface area contributed by atoms with E-state index in [1.165, 1.54) is 0 Å².